The third-order valence-corrected chi connectivity index (χ3v) is 4.87. The van der Waals surface area contributed by atoms with Crippen LogP contribution in [0.3, 0.4) is 0 Å². The normalized spacial score (nSPS) is 11.7. The molecule has 0 atom stereocenters. The van der Waals surface area contributed by atoms with Gasteiger partial charge in [-0.2, -0.15) is 0 Å². The standard InChI is InChI=1S/C22H16O8/c1-11(23)30-22(2,16-18(24)12-7-3-5-9-14(12)28-20(16)26)17-19(25)13-8-4-6-10-15(13)29-21(17)27/h3-10,24-25H,1-2H3. The van der Waals surface area contributed by atoms with E-state index in [1.165, 1.54) is 31.2 Å². The van der Waals surface area contributed by atoms with Crippen LogP contribution < -0.4 is 11.3 Å². The van der Waals surface area contributed by atoms with Crippen molar-refractivity contribution in [2.45, 2.75) is 19.4 Å². The predicted molar refractivity (Wildman–Crippen MR) is 107 cm³/mol. The summed E-state index contributed by atoms with van der Waals surface area (Å²) < 4.78 is 15.9. The molecule has 0 radical (unpaired) electrons. The van der Waals surface area contributed by atoms with E-state index in [1.54, 1.807) is 24.3 Å². The summed E-state index contributed by atoms with van der Waals surface area (Å²) in [7, 11) is 0. The monoisotopic (exact) mass is 408 g/mol. The Morgan fingerprint density at radius 2 is 1.23 bits per heavy atom. The molecular formula is C22H16O8. The zero-order valence-corrected chi connectivity index (χ0v) is 16.0. The van der Waals surface area contributed by atoms with Crippen molar-refractivity contribution < 1.29 is 28.6 Å². The lowest BCUT2D eigenvalue weighted by atomic mass is 9.87. The molecule has 2 aromatic heterocycles. The lowest BCUT2D eigenvalue weighted by Crippen LogP contribution is -2.38. The van der Waals surface area contributed by atoms with E-state index in [0.717, 1.165) is 6.92 Å². The minimum atomic E-state index is -2.20. The molecule has 4 rings (SSSR count). The van der Waals surface area contributed by atoms with Gasteiger partial charge in [-0.25, -0.2) is 9.59 Å². The van der Waals surface area contributed by atoms with E-state index in [9.17, 15) is 24.6 Å². The molecule has 152 valence electrons. The summed E-state index contributed by atoms with van der Waals surface area (Å²) in [5, 5.41) is 22.1. The summed E-state index contributed by atoms with van der Waals surface area (Å²) in [6.07, 6.45) is 0. The second kappa shape index (κ2) is 6.77. The minimum absolute atomic E-state index is 0.101. The number of aromatic hydroxyl groups is 2. The van der Waals surface area contributed by atoms with Crippen molar-refractivity contribution >= 4 is 27.9 Å². The molecule has 8 heteroatoms. The van der Waals surface area contributed by atoms with E-state index in [0.29, 0.717) is 0 Å². The number of benzene rings is 2. The highest BCUT2D eigenvalue weighted by Crippen LogP contribution is 2.43. The van der Waals surface area contributed by atoms with Gasteiger partial charge < -0.3 is 23.8 Å². The van der Waals surface area contributed by atoms with Crippen LogP contribution in [-0.4, -0.2) is 16.2 Å². The number of hydrogen-bond donors (Lipinski definition) is 2. The van der Waals surface area contributed by atoms with Crippen molar-refractivity contribution in [3.8, 4) is 11.5 Å². The van der Waals surface area contributed by atoms with Crippen LogP contribution in [0.15, 0.2) is 67.0 Å². The Kier molecular flexibility index (Phi) is 4.34. The quantitative estimate of drug-likeness (QED) is 0.391. The number of rotatable bonds is 3. The number of ether oxygens (including phenoxy) is 1. The van der Waals surface area contributed by atoms with Crippen molar-refractivity contribution in [1.29, 1.82) is 0 Å². The predicted octanol–water partition coefficient (Wildman–Crippen LogP) is 3.14. The van der Waals surface area contributed by atoms with Gasteiger partial charge in [0.15, 0.2) is 5.60 Å². The van der Waals surface area contributed by atoms with Crippen LogP contribution in [0.1, 0.15) is 25.0 Å². The van der Waals surface area contributed by atoms with Crippen LogP contribution in [0.5, 0.6) is 11.5 Å². The highest BCUT2D eigenvalue weighted by molar-refractivity contribution is 5.87. The first-order valence-corrected chi connectivity index (χ1v) is 8.94. The fraction of sp³-hybridized carbons (Fsp3) is 0.136. The number of hydrogen-bond acceptors (Lipinski definition) is 8. The van der Waals surface area contributed by atoms with E-state index < -0.39 is 45.4 Å². The number of carbonyl (C=O) groups is 1. The molecule has 8 nitrogen and oxygen atoms in total. The zero-order valence-electron chi connectivity index (χ0n) is 16.0. The van der Waals surface area contributed by atoms with Gasteiger partial charge in [-0.05, 0) is 31.2 Å². The van der Waals surface area contributed by atoms with E-state index in [2.05, 4.69) is 0 Å². The Balaban J connectivity index is 2.15. The highest BCUT2D eigenvalue weighted by atomic mass is 16.6. The average molecular weight is 408 g/mol. The second-order valence-electron chi connectivity index (χ2n) is 6.85. The van der Waals surface area contributed by atoms with Crippen molar-refractivity contribution in [3.63, 3.8) is 0 Å². The molecule has 0 unspecified atom stereocenters. The van der Waals surface area contributed by atoms with Gasteiger partial charge in [-0.15, -0.1) is 0 Å². The Hall–Kier alpha value is -4.07. The molecule has 0 saturated carbocycles. The van der Waals surface area contributed by atoms with Crippen LogP contribution in [0.2, 0.25) is 0 Å². The van der Waals surface area contributed by atoms with E-state index in [-0.39, 0.29) is 21.9 Å². The Labute approximate surface area is 168 Å². The molecule has 2 N–H and O–H groups in total. The third-order valence-electron chi connectivity index (χ3n) is 4.87. The summed E-state index contributed by atoms with van der Waals surface area (Å²) in [6, 6.07) is 12.4. The number of fused-ring (bicyclic) bond motifs is 2. The van der Waals surface area contributed by atoms with Crippen LogP contribution >= 0.6 is 0 Å². The first-order valence-electron chi connectivity index (χ1n) is 8.94. The summed E-state index contributed by atoms with van der Waals surface area (Å²) in [5.74, 6) is -1.95. The molecule has 2 heterocycles. The van der Waals surface area contributed by atoms with Gasteiger partial charge >= 0.3 is 17.2 Å². The first kappa shape index (κ1) is 19.3. The van der Waals surface area contributed by atoms with Gasteiger partial charge in [0.2, 0.25) is 0 Å². The molecule has 0 aliphatic carbocycles. The van der Waals surface area contributed by atoms with Crippen LogP contribution in [0.4, 0.5) is 0 Å². The molecule has 4 aromatic rings. The second-order valence-corrected chi connectivity index (χ2v) is 6.85. The van der Waals surface area contributed by atoms with Crippen molar-refractivity contribution in [1.82, 2.24) is 0 Å². The highest BCUT2D eigenvalue weighted by Gasteiger charge is 2.44. The number of para-hydroxylation sites is 2. The molecule has 0 amide bonds. The fourth-order valence-electron chi connectivity index (χ4n) is 3.62. The van der Waals surface area contributed by atoms with Crippen molar-refractivity contribution in [2.75, 3.05) is 0 Å². The first-order chi connectivity index (χ1) is 14.2. The molecule has 30 heavy (non-hydrogen) atoms. The van der Waals surface area contributed by atoms with Crippen molar-refractivity contribution in [3.05, 3.63) is 80.5 Å². The molecule has 0 fully saturated rings. The molecule has 0 aliphatic heterocycles. The topological polar surface area (TPSA) is 127 Å². The molecule has 2 aromatic carbocycles. The summed E-state index contributed by atoms with van der Waals surface area (Å²) >= 11 is 0. The summed E-state index contributed by atoms with van der Waals surface area (Å²) in [6.45, 7) is 2.27. The lowest BCUT2D eigenvalue weighted by Gasteiger charge is -2.29. The number of carbonyl (C=O) groups excluding carboxylic acids is 1. The SMILES string of the molecule is CC(=O)OC(C)(c1c(O)c2ccccc2oc1=O)c1c(O)c2ccccc2oc1=O. The van der Waals surface area contributed by atoms with Gasteiger partial charge in [0.1, 0.15) is 33.8 Å². The van der Waals surface area contributed by atoms with Gasteiger partial charge in [0, 0.05) is 6.92 Å². The van der Waals surface area contributed by atoms with Crippen LogP contribution in [0.25, 0.3) is 21.9 Å². The van der Waals surface area contributed by atoms with Gasteiger partial charge in [-0.3, -0.25) is 4.79 Å². The smallest absolute Gasteiger partial charge is 0.347 e. The zero-order chi connectivity index (χ0) is 21.6. The fourth-order valence-corrected chi connectivity index (χ4v) is 3.62. The molecule has 0 aliphatic rings. The maximum absolute atomic E-state index is 12.8. The lowest BCUT2D eigenvalue weighted by molar-refractivity contribution is -0.152. The van der Waals surface area contributed by atoms with Gasteiger partial charge in [0.25, 0.3) is 0 Å². The van der Waals surface area contributed by atoms with Crippen LogP contribution in [-0.2, 0) is 15.1 Å². The van der Waals surface area contributed by atoms with E-state index in [4.69, 9.17) is 13.6 Å². The van der Waals surface area contributed by atoms with Gasteiger partial charge in [-0.1, -0.05) is 24.3 Å². The Bertz CT molecular complexity index is 1330. The van der Waals surface area contributed by atoms with Crippen LogP contribution in [0, 0.1) is 0 Å². The summed E-state index contributed by atoms with van der Waals surface area (Å²) in [4.78, 5) is 37.5. The van der Waals surface area contributed by atoms with E-state index >= 15 is 0 Å². The molecular weight excluding hydrogens is 392 g/mol. The molecule has 0 saturated heterocycles. The van der Waals surface area contributed by atoms with Crippen molar-refractivity contribution in [2.24, 2.45) is 0 Å². The largest absolute Gasteiger partial charge is 0.506 e. The molecule has 0 bridgehead atoms. The minimum Gasteiger partial charge on any atom is -0.506 e. The Morgan fingerprint density at radius 1 is 0.833 bits per heavy atom. The number of esters is 1. The molecule has 0 spiro atoms. The third kappa shape index (κ3) is 2.81. The van der Waals surface area contributed by atoms with E-state index in [1.807, 2.05) is 0 Å². The Morgan fingerprint density at radius 3 is 1.63 bits per heavy atom. The average Bonchev–Trinajstić information content (AvgIpc) is 2.67. The summed E-state index contributed by atoms with van der Waals surface area (Å²) in [5.41, 5.74) is -5.12. The maximum Gasteiger partial charge on any atom is 0.347 e. The maximum atomic E-state index is 12.8. The van der Waals surface area contributed by atoms with Gasteiger partial charge in [0.05, 0.1) is 10.8 Å².